The third kappa shape index (κ3) is 5.91. The minimum absolute atomic E-state index is 0.0272. The van der Waals surface area contributed by atoms with E-state index in [1.165, 1.54) is 17.3 Å². The summed E-state index contributed by atoms with van der Waals surface area (Å²) in [6.45, 7) is 6.03. The highest BCUT2D eigenvalue weighted by molar-refractivity contribution is 8.26. The summed E-state index contributed by atoms with van der Waals surface area (Å²) in [5.41, 5.74) is 1.23. The predicted octanol–water partition coefficient (Wildman–Crippen LogP) is 3.06. The monoisotopic (exact) mass is 417 g/mol. The lowest BCUT2D eigenvalue weighted by atomic mass is 10.2. The molecule has 2 heterocycles. The molecule has 7 heteroatoms. The van der Waals surface area contributed by atoms with Crippen LogP contribution in [0.5, 0.6) is 0 Å². The molecule has 0 unspecified atom stereocenters. The lowest BCUT2D eigenvalue weighted by Gasteiger charge is -2.33. The Kier molecular flexibility index (Phi) is 8.09. The number of amides is 1. The van der Waals surface area contributed by atoms with Crippen LogP contribution in [0.25, 0.3) is 6.08 Å². The number of hydrogen-bond acceptors (Lipinski definition) is 6. The topological polar surface area (TPSA) is 36.0 Å². The van der Waals surface area contributed by atoms with Gasteiger partial charge >= 0.3 is 0 Å². The zero-order chi connectivity index (χ0) is 19.8. The Hall–Kier alpha value is -1.67. The van der Waals surface area contributed by atoms with Gasteiger partial charge in [0.15, 0.2) is 0 Å². The fourth-order valence-electron chi connectivity index (χ4n) is 3.19. The van der Waals surface area contributed by atoms with E-state index in [9.17, 15) is 4.79 Å². The van der Waals surface area contributed by atoms with Crippen LogP contribution in [0.2, 0.25) is 0 Å². The molecule has 0 saturated carbocycles. The van der Waals surface area contributed by atoms with Gasteiger partial charge < -0.3 is 9.64 Å². The van der Waals surface area contributed by atoms with Crippen LogP contribution in [0.15, 0.2) is 47.5 Å². The van der Waals surface area contributed by atoms with E-state index in [-0.39, 0.29) is 5.91 Å². The smallest absolute Gasteiger partial charge is 0.267 e. The number of nitrogens with zero attached hydrogens (tertiary/aromatic N) is 3. The second-order valence-corrected chi connectivity index (χ2v) is 8.49. The van der Waals surface area contributed by atoms with Gasteiger partial charge in [-0.2, -0.15) is 0 Å². The SMILES string of the molecule is COCCCN1C(=O)C(=CN2CCN(CC=Cc3ccccc3)CC2)SC1=S. The molecular formula is C21H27N3O2S2. The van der Waals surface area contributed by atoms with Gasteiger partial charge in [0.1, 0.15) is 4.32 Å². The van der Waals surface area contributed by atoms with Gasteiger partial charge in [-0.05, 0) is 12.0 Å². The van der Waals surface area contributed by atoms with Crippen molar-refractivity contribution in [1.29, 1.82) is 0 Å². The van der Waals surface area contributed by atoms with Crippen molar-refractivity contribution in [2.24, 2.45) is 0 Å². The molecule has 0 radical (unpaired) electrons. The Balaban J connectivity index is 1.45. The number of carbonyl (C=O) groups excluding carboxylic acids is 1. The van der Waals surface area contributed by atoms with Crippen LogP contribution in [0, 0.1) is 0 Å². The Labute approximate surface area is 177 Å². The van der Waals surface area contributed by atoms with E-state index in [0.29, 0.717) is 17.5 Å². The highest BCUT2D eigenvalue weighted by atomic mass is 32.2. The minimum atomic E-state index is 0.0272. The molecule has 2 aliphatic rings. The summed E-state index contributed by atoms with van der Waals surface area (Å²) in [4.78, 5) is 19.7. The van der Waals surface area contributed by atoms with E-state index < -0.39 is 0 Å². The molecule has 5 nitrogen and oxygen atoms in total. The van der Waals surface area contributed by atoms with Crippen LogP contribution >= 0.6 is 24.0 Å². The van der Waals surface area contributed by atoms with Crippen molar-refractivity contribution in [2.75, 3.05) is 53.0 Å². The number of piperazine rings is 1. The van der Waals surface area contributed by atoms with Gasteiger partial charge in [-0.25, -0.2) is 0 Å². The number of carbonyl (C=O) groups is 1. The molecule has 150 valence electrons. The third-order valence-electron chi connectivity index (χ3n) is 4.78. The molecule has 1 aromatic rings. The maximum Gasteiger partial charge on any atom is 0.267 e. The second kappa shape index (κ2) is 10.8. The van der Waals surface area contributed by atoms with Crippen molar-refractivity contribution in [2.45, 2.75) is 6.42 Å². The molecule has 28 heavy (non-hydrogen) atoms. The lowest BCUT2D eigenvalue weighted by Crippen LogP contribution is -2.44. The van der Waals surface area contributed by atoms with E-state index in [1.54, 1.807) is 12.0 Å². The quantitative estimate of drug-likeness (QED) is 0.368. The average molecular weight is 418 g/mol. The Morgan fingerprint density at radius 2 is 1.93 bits per heavy atom. The molecule has 0 N–H and O–H groups in total. The van der Waals surface area contributed by atoms with Crippen LogP contribution < -0.4 is 0 Å². The van der Waals surface area contributed by atoms with Crippen LogP contribution in [0.1, 0.15) is 12.0 Å². The molecule has 0 aliphatic carbocycles. The van der Waals surface area contributed by atoms with E-state index in [2.05, 4.69) is 46.2 Å². The summed E-state index contributed by atoms with van der Waals surface area (Å²) in [6.07, 6.45) is 7.18. The van der Waals surface area contributed by atoms with Crippen molar-refractivity contribution < 1.29 is 9.53 Å². The van der Waals surface area contributed by atoms with E-state index in [4.69, 9.17) is 17.0 Å². The average Bonchev–Trinajstić information content (AvgIpc) is 2.97. The van der Waals surface area contributed by atoms with E-state index in [0.717, 1.165) is 44.0 Å². The zero-order valence-electron chi connectivity index (χ0n) is 16.3. The molecule has 1 aromatic carbocycles. The Morgan fingerprint density at radius 1 is 1.18 bits per heavy atom. The fourth-order valence-corrected chi connectivity index (χ4v) is 4.51. The Bertz CT molecular complexity index is 728. The molecule has 3 rings (SSSR count). The first-order valence-corrected chi connectivity index (χ1v) is 10.8. The summed E-state index contributed by atoms with van der Waals surface area (Å²) in [7, 11) is 1.67. The molecule has 2 aliphatic heterocycles. The van der Waals surface area contributed by atoms with Crippen molar-refractivity contribution >= 4 is 40.3 Å². The van der Waals surface area contributed by atoms with Crippen LogP contribution in [-0.4, -0.2) is 77.9 Å². The molecule has 0 bridgehead atoms. The van der Waals surface area contributed by atoms with E-state index in [1.807, 2.05) is 12.3 Å². The third-order valence-corrected chi connectivity index (χ3v) is 6.15. The standard InChI is InChI=1S/C21H27N3O2S2/c1-26-16-6-11-24-20(25)19(28-21(24)27)17-23-14-12-22(13-15-23)10-5-9-18-7-3-2-4-8-18/h2-5,7-9,17H,6,10-16H2,1H3. The molecule has 0 aromatic heterocycles. The van der Waals surface area contributed by atoms with Gasteiger partial charge in [-0.15, -0.1) is 0 Å². The largest absolute Gasteiger partial charge is 0.385 e. The first-order valence-electron chi connectivity index (χ1n) is 9.60. The number of ether oxygens (including phenoxy) is 1. The van der Waals surface area contributed by atoms with Crippen molar-refractivity contribution in [3.63, 3.8) is 0 Å². The first kappa shape index (κ1) is 21.0. The van der Waals surface area contributed by atoms with Gasteiger partial charge in [0.25, 0.3) is 5.91 Å². The maximum atomic E-state index is 12.6. The summed E-state index contributed by atoms with van der Waals surface area (Å²) in [6, 6.07) is 10.4. The normalized spacial score (nSPS) is 20.1. The zero-order valence-corrected chi connectivity index (χ0v) is 17.9. The molecule has 2 saturated heterocycles. The number of methoxy groups -OCH3 is 1. The Morgan fingerprint density at radius 3 is 2.64 bits per heavy atom. The lowest BCUT2D eigenvalue weighted by molar-refractivity contribution is -0.122. The van der Waals surface area contributed by atoms with E-state index >= 15 is 0 Å². The first-order chi connectivity index (χ1) is 13.7. The fraction of sp³-hybridized carbons (Fsp3) is 0.429. The number of thioether (sulfide) groups is 1. The summed E-state index contributed by atoms with van der Waals surface area (Å²) in [5.74, 6) is 0.0272. The van der Waals surface area contributed by atoms with Crippen LogP contribution in [0.4, 0.5) is 0 Å². The van der Waals surface area contributed by atoms with Crippen molar-refractivity contribution in [1.82, 2.24) is 14.7 Å². The summed E-state index contributed by atoms with van der Waals surface area (Å²) in [5, 5.41) is 0. The molecule has 0 atom stereocenters. The van der Waals surface area contributed by atoms with Crippen molar-refractivity contribution in [3.8, 4) is 0 Å². The summed E-state index contributed by atoms with van der Waals surface area (Å²) < 4.78 is 5.71. The second-order valence-electron chi connectivity index (χ2n) is 6.81. The maximum absolute atomic E-state index is 12.6. The highest BCUT2D eigenvalue weighted by Gasteiger charge is 2.32. The number of thiocarbonyl (C=S) groups is 1. The molecule has 1 amide bonds. The summed E-state index contributed by atoms with van der Waals surface area (Å²) >= 11 is 6.78. The molecule has 0 spiro atoms. The van der Waals surface area contributed by atoms with Crippen molar-refractivity contribution in [3.05, 3.63) is 53.1 Å². The van der Waals surface area contributed by atoms with Gasteiger partial charge in [0, 0.05) is 59.2 Å². The number of hydrogen-bond donors (Lipinski definition) is 0. The number of rotatable bonds is 8. The van der Waals surface area contributed by atoms with Crippen LogP contribution in [-0.2, 0) is 9.53 Å². The van der Waals surface area contributed by atoms with Gasteiger partial charge in [0.2, 0.25) is 0 Å². The molecular weight excluding hydrogens is 390 g/mol. The number of benzene rings is 1. The van der Waals surface area contributed by atoms with Gasteiger partial charge in [-0.1, -0.05) is 66.5 Å². The van der Waals surface area contributed by atoms with Crippen LogP contribution in [0.3, 0.4) is 0 Å². The predicted molar refractivity (Wildman–Crippen MR) is 120 cm³/mol. The minimum Gasteiger partial charge on any atom is -0.385 e. The van der Waals surface area contributed by atoms with Gasteiger partial charge in [-0.3, -0.25) is 14.6 Å². The highest BCUT2D eigenvalue weighted by Crippen LogP contribution is 2.31. The molecule has 2 fully saturated rings. The van der Waals surface area contributed by atoms with Gasteiger partial charge in [0.05, 0.1) is 4.91 Å².